The highest BCUT2D eigenvalue weighted by Crippen LogP contribution is 2.24. The molecule has 0 radical (unpaired) electrons. The molecule has 0 spiro atoms. The van der Waals surface area contributed by atoms with Gasteiger partial charge in [-0.3, -0.25) is 15.0 Å². The Labute approximate surface area is 387 Å². The Bertz CT molecular complexity index is 2250. The van der Waals surface area contributed by atoms with Gasteiger partial charge in [-0.25, -0.2) is 16.3 Å². The van der Waals surface area contributed by atoms with Gasteiger partial charge in [-0.1, -0.05) is 59.3 Å². The van der Waals surface area contributed by atoms with E-state index in [1.54, 1.807) is 40.0 Å². The number of nitrogens with one attached hydrogen (secondary N) is 6. The Kier molecular flexibility index (Phi) is 22.5. The number of aromatic amines is 3. The average molecular weight is 904 g/mol. The number of ether oxygens (including phenoxy) is 3. The van der Waals surface area contributed by atoms with E-state index in [1.165, 1.54) is 19.3 Å². The minimum Gasteiger partial charge on any atom is -0.497 e. The highest BCUT2D eigenvalue weighted by Gasteiger charge is 2.06. The van der Waals surface area contributed by atoms with Crippen molar-refractivity contribution in [3.8, 4) is 17.2 Å². The lowest BCUT2D eigenvalue weighted by molar-refractivity contribution is 0.415. The molecule has 18 heteroatoms. The molecule has 0 aliphatic carbocycles. The Balaban J connectivity index is 0.000000216. The van der Waals surface area contributed by atoms with Crippen molar-refractivity contribution in [2.24, 2.45) is 47.5 Å². The maximum atomic E-state index is 5.75. The number of methoxy groups -OCH3 is 3. The number of aromatic nitrogens is 3. The van der Waals surface area contributed by atoms with Gasteiger partial charge < -0.3 is 46.4 Å². The maximum Gasteiger partial charge on any atom is 0.209 e. The predicted octanol–water partition coefficient (Wildman–Crippen LogP) is 7.81. The number of aliphatic imine (C=N–C) groups is 3. The Morgan fingerprint density at radius 1 is 0.470 bits per heavy atom. The van der Waals surface area contributed by atoms with Gasteiger partial charge in [0.25, 0.3) is 0 Å². The van der Waals surface area contributed by atoms with Crippen molar-refractivity contribution in [1.29, 1.82) is 0 Å². The number of guanidine groups is 3. The Morgan fingerprint density at radius 3 is 1.02 bits per heavy atom. The van der Waals surface area contributed by atoms with Gasteiger partial charge in [-0.15, -0.1) is 0 Å². The second kappa shape index (κ2) is 29.0. The van der Waals surface area contributed by atoms with E-state index in [0.29, 0.717) is 17.9 Å². The summed E-state index contributed by atoms with van der Waals surface area (Å²) >= 11 is 0. The highest BCUT2D eigenvalue weighted by atomic mass is 16.5. The minimum absolute atomic E-state index is 0.338. The summed E-state index contributed by atoms with van der Waals surface area (Å²) in [6.07, 6.45) is 21.0. The largest absolute Gasteiger partial charge is 0.497 e. The molecule has 354 valence electrons. The van der Waals surface area contributed by atoms with Crippen molar-refractivity contribution in [2.75, 3.05) is 41.0 Å². The van der Waals surface area contributed by atoms with E-state index in [4.69, 9.17) is 31.4 Å². The van der Waals surface area contributed by atoms with Crippen LogP contribution in [0.4, 0.5) is 0 Å². The first-order chi connectivity index (χ1) is 32.2. The molecule has 0 fully saturated rings. The van der Waals surface area contributed by atoms with Crippen molar-refractivity contribution in [3.63, 3.8) is 0 Å². The fourth-order valence-corrected chi connectivity index (χ4v) is 6.36. The summed E-state index contributed by atoms with van der Waals surface area (Å²) in [6, 6.07) is 17.6. The lowest BCUT2D eigenvalue weighted by atomic mass is 10.2. The summed E-state index contributed by atoms with van der Waals surface area (Å²) in [6.45, 7) is 8.66. The molecule has 12 N–H and O–H groups in total. The summed E-state index contributed by atoms with van der Waals surface area (Å²) < 4.78 is 15.7. The van der Waals surface area contributed by atoms with Crippen LogP contribution in [0.25, 0.3) is 32.7 Å². The first-order valence-corrected chi connectivity index (χ1v) is 22.5. The molecule has 0 unspecified atom stereocenters. The van der Waals surface area contributed by atoms with Crippen LogP contribution >= 0.6 is 0 Å². The molecule has 18 nitrogen and oxygen atoms in total. The number of H-pyrrole nitrogens is 3. The van der Waals surface area contributed by atoms with E-state index in [9.17, 15) is 0 Å². The number of rotatable bonds is 21. The van der Waals surface area contributed by atoms with Gasteiger partial charge in [0, 0.05) is 87.6 Å². The van der Waals surface area contributed by atoms with Crippen LogP contribution in [-0.2, 0) is 0 Å². The third-order valence-electron chi connectivity index (χ3n) is 10.0. The van der Waals surface area contributed by atoms with E-state index in [0.717, 1.165) is 125 Å². The molecule has 0 saturated heterocycles. The van der Waals surface area contributed by atoms with Gasteiger partial charge in [0.2, 0.25) is 17.9 Å². The van der Waals surface area contributed by atoms with E-state index in [2.05, 4.69) is 82.3 Å². The zero-order chi connectivity index (χ0) is 47.4. The second-order valence-corrected chi connectivity index (χ2v) is 15.0. The van der Waals surface area contributed by atoms with Crippen molar-refractivity contribution in [1.82, 2.24) is 31.2 Å². The molecule has 6 aromatic rings. The van der Waals surface area contributed by atoms with Crippen molar-refractivity contribution in [3.05, 3.63) is 89.9 Å². The molecule has 3 aromatic carbocycles. The van der Waals surface area contributed by atoms with Gasteiger partial charge in [0.15, 0.2) is 0 Å². The molecule has 66 heavy (non-hydrogen) atoms. The van der Waals surface area contributed by atoms with Crippen LogP contribution in [0.15, 0.2) is 103 Å². The number of fused-ring (bicyclic) bond motifs is 3. The number of nitrogens with zero attached hydrogens (tertiary/aromatic N) is 6. The predicted molar refractivity (Wildman–Crippen MR) is 275 cm³/mol. The van der Waals surface area contributed by atoms with Crippen LogP contribution in [0.5, 0.6) is 17.2 Å². The second-order valence-electron chi connectivity index (χ2n) is 15.0. The van der Waals surface area contributed by atoms with Crippen molar-refractivity contribution in [2.45, 2.75) is 78.6 Å². The number of hydrogen-bond acceptors (Lipinski definition) is 9. The van der Waals surface area contributed by atoms with E-state index in [1.807, 2.05) is 73.2 Å². The van der Waals surface area contributed by atoms with E-state index in [-0.39, 0.29) is 0 Å². The van der Waals surface area contributed by atoms with Gasteiger partial charge in [0.05, 0.1) is 40.0 Å². The minimum atomic E-state index is 0.338. The third-order valence-corrected chi connectivity index (χ3v) is 10.0. The number of hydrazone groups is 3. The van der Waals surface area contributed by atoms with Crippen LogP contribution in [0, 0.1) is 0 Å². The molecule has 0 aliphatic rings. The first-order valence-electron chi connectivity index (χ1n) is 22.5. The molecule has 0 bridgehead atoms. The Morgan fingerprint density at radius 2 is 0.758 bits per heavy atom. The summed E-state index contributed by atoms with van der Waals surface area (Å²) in [5, 5.41) is 15.5. The fourth-order valence-electron chi connectivity index (χ4n) is 6.36. The topological polar surface area (TPSA) is 263 Å². The molecule has 0 atom stereocenters. The summed E-state index contributed by atoms with van der Waals surface area (Å²) in [7, 11) is 4.95. The SMILES string of the molecule is CCCCCN=C(N)N/N=C/c1c[nH]c2ccc(OC)cc12.CCCCCN=C(N)N/N=C/c1c[nH]c2ccc(OC)cc12.CCCCCN=C(N)N/N=C/c1c[nH]c2ccc(OC)cc12. The molecular weight excluding hydrogens is 835 g/mol. The number of benzene rings is 3. The van der Waals surface area contributed by atoms with Crippen molar-refractivity contribution < 1.29 is 14.2 Å². The molecule has 6 rings (SSSR count). The summed E-state index contributed by atoms with van der Waals surface area (Å²) in [5.74, 6) is 3.45. The molecule has 3 aromatic heterocycles. The molecule has 0 saturated carbocycles. The maximum absolute atomic E-state index is 5.75. The van der Waals surface area contributed by atoms with E-state index < -0.39 is 0 Å². The molecule has 0 aliphatic heterocycles. The molecule has 0 amide bonds. The molecular formula is C48H69N15O3. The van der Waals surface area contributed by atoms with Crippen LogP contribution in [0.1, 0.15) is 95.2 Å². The van der Waals surface area contributed by atoms with Crippen molar-refractivity contribution >= 4 is 69.2 Å². The average Bonchev–Trinajstić information content (AvgIpc) is 4.07. The zero-order valence-electron chi connectivity index (χ0n) is 39.3. The normalized spacial score (nSPS) is 12.2. The van der Waals surface area contributed by atoms with E-state index >= 15 is 0 Å². The van der Waals surface area contributed by atoms with Crippen LogP contribution in [-0.4, -0.2) is 92.4 Å². The van der Waals surface area contributed by atoms with Crippen LogP contribution in [0.3, 0.4) is 0 Å². The monoisotopic (exact) mass is 904 g/mol. The third kappa shape index (κ3) is 17.2. The smallest absolute Gasteiger partial charge is 0.209 e. The quantitative estimate of drug-likeness (QED) is 0.0147. The van der Waals surface area contributed by atoms with Crippen LogP contribution in [0.2, 0.25) is 0 Å². The first kappa shape index (κ1) is 51.1. The van der Waals surface area contributed by atoms with Gasteiger partial charge >= 0.3 is 0 Å². The zero-order valence-corrected chi connectivity index (χ0v) is 39.3. The number of nitrogens with two attached hydrogens (primary N) is 3. The summed E-state index contributed by atoms with van der Waals surface area (Å²) in [4.78, 5) is 22.2. The highest BCUT2D eigenvalue weighted by molar-refractivity contribution is 6.01. The van der Waals surface area contributed by atoms with Gasteiger partial charge in [0.1, 0.15) is 17.2 Å². The number of hydrogen-bond donors (Lipinski definition) is 9. The number of unbranched alkanes of at least 4 members (excludes halogenated alkanes) is 6. The fraction of sp³-hybridized carbons (Fsp3) is 0.375. The lowest BCUT2D eigenvalue weighted by Gasteiger charge is -2.00. The van der Waals surface area contributed by atoms with Crippen LogP contribution < -0.4 is 47.7 Å². The van der Waals surface area contributed by atoms with Gasteiger partial charge in [-0.05, 0) is 73.9 Å². The standard InChI is InChI=1S/3C16H23N5O/c3*1-3-4-5-8-18-16(17)21-20-11-12-10-19-15-7-6-13(22-2)9-14(12)15/h3*6-7,9-11,19H,3-5,8H2,1-2H3,(H3,17,18,21)/b3*20-11+. The molecule has 3 heterocycles. The summed E-state index contributed by atoms with van der Waals surface area (Å²) in [5.41, 5.74) is 31.5. The Hall–Kier alpha value is -7.50. The lowest BCUT2D eigenvalue weighted by Crippen LogP contribution is -2.27. The van der Waals surface area contributed by atoms with Gasteiger partial charge in [-0.2, -0.15) is 15.3 Å².